The van der Waals surface area contributed by atoms with Crippen molar-refractivity contribution in [3.05, 3.63) is 35.1 Å². The van der Waals surface area contributed by atoms with Crippen molar-refractivity contribution in [1.82, 2.24) is 10.6 Å². The van der Waals surface area contributed by atoms with Gasteiger partial charge >= 0.3 is 0 Å². The molecule has 0 bridgehead atoms. The summed E-state index contributed by atoms with van der Waals surface area (Å²) in [5.74, 6) is -0.162. The van der Waals surface area contributed by atoms with Gasteiger partial charge in [0, 0.05) is 12.6 Å². The van der Waals surface area contributed by atoms with Crippen LogP contribution in [0.25, 0.3) is 0 Å². The van der Waals surface area contributed by atoms with Crippen LogP contribution in [0.1, 0.15) is 43.9 Å². The standard InChI is InChI=1S/C15H21FN2O/c1-3-8-17-15(19)10(2)18-14-7-4-11-9-12(16)5-6-13(11)14/h5-6,9-10,14,18H,3-4,7-8H2,1-2H3,(H,17,19). The van der Waals surface area contributed by atoms with Gasteiger partial charge in [0.2, 0.25) is 5.91 Å². The maximum Gasteiger partial charge on any atom is 0.236 e. The molecule has 0 aliphatic heterocycles. The lowest BCUT2D eigenvalue weighted by atomic mass is 10.1. The van der Waals surface area contributed by atoms with Crippen LogP contribution in [0.3, 0.4) is 0 Å². The smallest absolute Gasteiger partial charge is 0.236 e. The minimum absolute atomic E-state index is 0.0254. The second kappa shape index (κ2) is 6.15. The predicted molar refractivity (Wildman–Crippen MR) is 73.4 cm³/mol. The van der Waals surface area contributed by atoms with Gasteiger partial charge in [-0.25, -0.2) is 4.39 Å². The molecule has 1 aliphatic carbocycles. The molecular formula is C15H21FN2O. The Hall–Kier alpha value is -1.42. The van der Waals surface area contributed by atoms with E-state index in [1.165, 1.54) is 6.07 Å². The molecule has 0 saturated carbocycles. The van der Waals surface area contributed by atoms with Crippen LogP contribution in [-0.4, -0.2) is 18.5 Å². The number of carbonyl (C=O) groups is 1. The molecule has 2 N–H and O–H groups in total. The van der Waals surface area contributed by atoms with Gasteiger partial charge in [0.05, 0.1) is 6.04 Å². The Labute approximate surface area is 113 Å². The molecule has 1 aromatic rings. The summed E-state index contributed by atoms with van der Waals surface area (Å²) in [4.78, 5) is 11.8. The van der Waals surface area contributed by atoms with Crippen molar-refractivity contribution in [2.24, 2.45) is 0 Å². The second-order valence-electron chi connectivity index (χ2n) is 5.11. The Morgan fingerprint density at radius 3 is 3.05 bits per heavy atom. The lowest BCUT2D eigenvalue weighted by Crippen LogP contribution is -2.43. The topological polar surface area (TPSA) is 41.1 Å². The van der Waals surface area contributed by atoms with Crippen molar-refractivity contribution < 1.29 is 9.18 Å². The highest BCUT2D eigenvalue weighted by molar-refractivity contribution is 5.81. The summed E-state index contributed by atoms with van der Waals surface area (Å²) in [5, 5.41) is 6.21. The maximum atomic E-state index is 13.1. The Balaban J connectivity index is 1.97. The Kier molecular flexibility index (Phi) is 4.53. The Bertz CT molecular complexity index is 461. The third kappa shape index (κ3) is 3.32. The first-order chi connectivity index (χ1) is 9.11. The maximum absolute atomic E-state index is 13.1. The van der Waals surface area contributed by atoms with Gasteiger partial charge < -0.3 is 5.32 Å². The lowest BCUT2D eigenvalue weighted by Gasteiger charge is -2.20. The molecule has 0 aromatic heterocycles. The number of aryl methyl sites for hydroxylation is 1. The van der Waals surface area contributed by atoms with Crippen LogP contribution >= 0.6 is 0 Å². The van der Waals surface area contributed by atoms with Gasteiger partial charge in [-0.3, -0.25) is 10.1 Å². The van der Waals surface area contributed by atoms with Crippen molar-refractivity contribution in [1.29, 1.82) is 0 Å². The van der Waals surface area contributed by atoms with E-state index >= 15 is 0 Å². The number of rotatable bonds is 5. The minimum Gasteiger partial charge on any atom is -0.355 e. The molecule has 2 rings (SSSR count). The fourth-order valence-corrected chi connectivity index (χ4v) is 2.54. The van der Waals surface area contributed by atoms with Gasteiger partial charge in [0.1, 0.15) is 5.82 Å². The quantitative estimate of drug-likeness (QED) is 0.857. The van der Waals surface area contributed by atoms with E-state index in [0.717, 1.165) is 30.4 Å². The summed E-state index contributed by atoms with van der Waals surface area (Å²) in [6.07, 6.45) is 2.72. The summed E-state index contributed by atoms with van der Waals surface area (Å²) < 4.78 is 13.1. The summed E-state index contributed by atoms with van der Waals surface area (Å²) in [5.41, 5.74) is 2.18. The summed E-state index contributed by atoms with van der Waals surface area (Å²) in [6.45, 7) is 4.60. The molecule has 2 unspecified atom stereocenters. The zero-order valence-electron chi connectivity index (χ0n) is 11.5. The lowest BCUT2D eigenvalue weighted by molar-refractivity contribution is -0.122. The molecular weight excluding hydrogens is 243 g/mol. The first-order valence-corrected chi connectivity index (χ1v) is 6.94. The number of fused-ring (bicyclic) bond motifs is 1. The number of benzene rings is 1. The zero-order valence-corrected chi connectivity index (χ0v) is 11.5. The predicted octanol–water partition coefficient (Wildman–Crippen LogP) is 2.32. The van der Waals surface area contributed by atoms with E-state index in [0.29, 0.717) is 6.54 Å². The molecule has 4 heteroatoms. The normalized spacial score (nSPS) is 19.0. The number of amides is 1. The Morgan fingerprint density at radius 1 is 1.53 bits per heavy atom. The first-order valence-electron chi connectivity index (χ1n) is 6.94. The highest BCUT2D eigenvalue weighted by Crippen LogP contribution is 2.31. The number of hydrogen-bond acceptors (Lipinski definition) is 2. The van der Waals surface area contributed by atoms with Crippen LogP contribution in [0.4, 0.5) is 4.39 Å². The van der Waals surface area contributed by atoms with Gasteiger partial charge in [-0.05, 0) is 49.4 Å². The number of carbonyl (C=O) groups excluding carboxylic acids is 1. The van der Waals surface area contributed by atoms with Gasteiger partial charge in [-0.1, -0.05) is 13.0 Å². The third-order valence-electron chi connectivity index (χ3n) is 3.58. The molecule has 1 aliphatic rings. The molecule has 0 spiro atoms. The number of hydrogen-bond donors (Lipinski definition) is 2. The van der Waals surface area contributed by atoms with Crippen LogP contribution < -0.4 is 10.6 Å². The van der Waals surface area contributed by atoms with E-state index in [2.05, 4.69) is 10.6 Å². The van der Waals surface area contributed by atoms with E-state index < -0.39 is 0 Å². The highest BCUT2D eigenvalue weighted by Gasteiger charge is 2.25. The highest BCUT2D eigenvalue weighted by atomic mass is 19.1. The van der Waals surface area contributed by atoms with Crippen molar-refractivity contribution in [3.63, 3.8) is 0 Å². The zero-order chi connectivity index (χ0) is 13.8. The van der Waals surface area contributed by atoms with Crippen LogP contribution in [0, 0.1) is 5.82 Å². The third-order valence-corrected chi connectivity index (χ3v) is 3.58. The molecule has 1 aromatic carbocycles. The number of nitrogens with one attached hydrogen (secondary N) is 2. The van der Waals surface area contributed by atoms with Gasteiger partial charge in [-0.15, -0.1) is 0 Å². The summed E-state index contributed by atoms with van der Waals surface area (Å²) in [6, 6.07) is 4.83. The molecule has 0 radical (unpaired) electrons. The van der Waals surface area contributed by atoms with Gasteiger partial charge in [0.25, 0.3) is 0 Å². The molecule has 3 nitrogen and oxygen atoms in total. The summed E-state index contributed by atoms with van der Waals surface area (Å²) in [7, 11) is 0. The molecule has 0 fully saturated rings. The van der Waals surface area contributed by atoms with E-state index in [-0.39, 0.29) is 23.8 Å². The van der Waals surface area contributed by atoms with Crippen LogP contribution in [0.2, 0.25) is 0 Å². The van der Waals surface area contributed by atoms with Crippen molar-refractivity contribution in [2.75, 3.05) is 6.54 Å². The van der Waals surface area contributed by atoms with Crippen LogP contribution in [-0.2, 0) is 11.2 Å². The minimum atomic E-state index is -0.229. The molecule has 2 atom stereocenters. The van der Waals surface area contributed by atoms with E-state index in [9.17, 15) is 9.18 Å². The van der Waals surface area contributed by atoms with Crippen molar-refractivity contribution >= 4 is 5.91 Å². The van der Waals surface area contributed by atoms with Crippen molar-refractivity contribution in [2.45, 2.75) is 45.2 Å². The fraction of sp³-hybridized carbons (Fsp3) is 0.533. The van der Waals surface area contributed by atoms with Crippen molar-refractivity contribution in [3.8, 4) is 0 Å². The van der Waals surface area contributed by atoms with E-state index in [1.54, 1.807) is 6.07 Å². The average Bonchev–Trinajstić information content (AvgIpc) is 2.78. The fourth-order valence-electron chi connectivity index (χ4n) is 2.54. The molecule has 0 heterocycles. The molecule has 19 heavy (non-hydrogen) atoms. The molecule has 1 amide bonds. The van der Waals surface area contributed by atoms with Crippen LogP contribution in [0.15, 0.2) is 18.2 Å². The molecule has 104 valence electrons. The van der Waals surface area contributed by atoms with E-state index in [4.69, 9.17) is 0 Å². The SMILES string of the molecule is CCCNC(=O)C(C)NC1CCc2cc(F)ccc21. The van der Waals surface area contributed by atoms with Gasteiger partial charge in [0.15, 0.2) is 0 Å². The Morgan fingerprint density at radius 2 is 2.32 bits per heavy atom. The summed E-state index contributed by atoms with van der Waals surface area (Å²) >= 11 is 0. The largest absolute Gasteiger partial charge is 0.355 e. The average molecular weight is 264 g/mol. The monoisotopic (exact) mass is 264 g/mol. The second-order valence-corrected chi connectivity index (χ2v) is 5.11. The number of halogens is 1. The van der Waals surface area contributed by atoms with E-state index in [1.807, 2.05) is 19.9 Å². The van der Waals surface area contributed by atoms with Crippen LogP contribution in [0.5, 0.6) is 0 Å². The molecule has 0 saturated heterocycles. The first kappa shape index (κ1) is 14.0. The van der Waals surface area contributed by atoms with Gasteiger partial charge in [-0.2, -0.15) is 0 Å².